The molecule has 2 amide bonds. The lowest BCUT2D eigenvalue weighted by atomic mass is 10.1. The largest absolute Gasteiger partial charge is 0.353 e. The fourth-order valence-electron chi connectivity index (χ4n) is 2.54. The van der Waals surface area contributed by atoms with E-state index in [1.54, 1.807) is 23.2 Å². The van der Waals surface area contributed by atoms with Crippen LogP contribution < -0.4 is 16.0 Å². The van der Waals surface area contributed by atoms with Crippen molar-refractivity contribution < 1.29 is 9.59 Å². The second kappa shape index (κ2) is 9.94. The lowest BCUT2D eigenvalue weighted by molar-refractivity contribution is -0.133. The Balaban J connectivity index is 0.00000338. The maximum Gasteiger partial charge on any atom is 0.242 e. The SMILES string of the molecule is CC(C)[C@H](N)C(=O)NCC(=O)N1CCN(c2cc(C#N)ccn2)CC1.Cl. The Hall–Kier alpha value is -2.37. The van der Waals surface area contributed by atoms with Crippen LogP contribution in [-0.4, -0.2) is 60.5 Å². The average molecular weight is 381 g/mol. The summed E-state index contributed by atoms with van der Waals surface area (Å²) in [6.45, 7) is 6.04. The second-order valence-electron chi connectivity index (χ2n) is 6.37. The third-order valence-corrected chi connectivity index (χ3v) is 4.27. The van der Waals surface area contributed by atoms with Crippen molar-refractivity contribution in [2.75, 3.05) is 37.6 Å². The van der Waals surface area contributed by atoms with Crippen molar-refractivity contribution in [1.82, 2.24) is 15.2 Å². The Kier molecular flexibility index (Phi) is 8.29. The first-order chi connectivity index (χ1) is 11.9. The van der Waals surface area contributed by atoms with E-state index >= 15 is 0 Å². The van der Waals surface area contributed by atoms with E-state index in [1.807, 2.05) is 18.7 Å². The van der Waals surface area contributed by atoms with E-state index in [9.17, 15) is 9.59 Å². The van der Waals surface area contributed by atoms with Crippen LogP contribution in [0.3, 0.4) is 0 Å². The van der Waals surface area contributed by atoms with Crippen molar-refractivity contribution in [3.63, 3.8) is 0 Å². The number of aromatic nitrogens is 1. The molecular formula is C17H25ClN6O2. The summed E-state index contributed by atoms with van der Waals surface area (Å²) in [4.78, 5) is 32.1. The number of amides is 2. The van der Waals surface area contributed by atoms with Crippen LogP contribution in [0.15, 0.2) is 18.3 Å². The van der Waals surface area contributed by atoms with Crippen molar-refractivity contribution in [1.29, 1.82) is 5.26 Å². The van der Waals surface area contributed by atoms with Gasteiger partial charge in [0.05, 0.1) is 24.2 Å². The lowest BCUT2D eigenvalue weighted by Gasteiger charge is -2.35. The molecule has 1 atom stereocenters. The maximum atomic E-state index is 12.2. The van der Waals surface area contributed by atoms with Crippen LogP contribution in [0.5, 0.6) is 0 Å². The summed E-state index contributed by atoms with van der Waals surface area (Å²) in [5.74, 6) is 0.333. The lowest BCUT2D eigenvalue weighted by Crippen LogP contribution is -2.53. The minimum absolute atomic E-state index is 0. The summed E-state index contributed by atoms with van der Waals surface area (Å²) in [5.41, 5.74) is 6.32. The van der Waals surface area contributed by atoms with Crippen molar-refractivity contribution in [2.45, 2.75) is 19.9 Å². The summed E-state index contributed by atoms with van der Waals surface area (Å²) >= 11 is 0. The van der Waals surface area contributed by atoms with Gasteiger partial charge in [0.25, 0.3) is 0 Å². The predicted molar refractivity (Wildman–Crippen MR) is 101 cm³/mol. The fraction of sp³-hybridized carbons (Fsp3) is 0.529. The number of nitriles is 1. The van der Waals surface area contributed by atoms with Crippen LogP contribution in [0.2, 0.25) is 0 Å². The van der Waals surface area contributed by atoms with Gasteiger partial charge in [-0.2, -0.15) is 5.26 Å². The molecule has 2 heterocycles. The van der Waals surface area contributed by atoms with Crippen molar-refractivity contribution in [2.24, 2.45) is 11.7 Å². The number of nitrogens with one attached hydrogen (secondary N) is 1. The summed E-state index contributed by atoms with van der Waals surface area (Å²) < 4.78 is 0. The van der Waals surface area contributed by atoms with Crippen LogP contribution in [0.25, 0.3) is 0 Å². The van der Waals surface area contributed by atoms with E-state index in [4.69, 9.17) is 11.0 Å². The highest BCUT2D eigenvalue weighted by atomic mass is 35.5. The molecule has 0 aromatic carbocycles. The summed E-state index contributed by atoms with van der Waals surface area (Å²) in [6, 6.07) is 4.89. The van der Waals surface area contributed by atoms with Gasteiger partial charge in [-0.3, -0.25) is 9.59 Å². The summed E-state index contributed by atoms with van der Waals surface area (Å²) in [6.07, 6.45) is 1.61. The molecule has 1 saturated heterocycles. The predicted octanol–water partition coefficient (Wildman–Crippen LogP) is 0.123. The number of hydrogen-bond donors (Lipinski definition) is 2. The van der Waals surface area contributed by atoms with Gasteiger partial charge in [-0.25, -0.2) is 4.98 Å². The molecule has 0 radical (unpaired) electrons. The molecule has 2 rings (SSSR count). The standard InChI is InChI=1S/C17H24N6O2.ClH/c1-12(2)16(19)17(25)21-11-15(24)23-7-5-22(6-8-23)14-9-13(10-18)3-4-20-14;/h3-4,9,12,16H,5-8,11,19H2,1-2H3,(H,21,25);1H/t16-;/m0./s1. The number of carbonyl (C=O) groups excluding carboxylic acids is 2. The van der Waals surface area contributed by atoms with Crippen molar-refractivity contribution in [3.8, 4) is 6.07 Å². The molecule has 26 heavy (non-hydrogen) atoms. The highest BCUT2D eigenvalue weighted by molar-refractivity contribution is 5.87. The van der Waals surface area contributed by atoms with Gasteiger partial charge in [0, 0.05) is 32.4 Å². The number of anilines is 1. The second-order valence-corrected chi connectivity index (χ2v) is 6.37. The number of nitrogens with two attached hydrogens (primary N) is 1. The third kappa shape index (κ3) is 5.58. The number of piperazine rings is 1. The first-order valence-electron chi connectivity index (χ1n) is 8.34. The van der Waals surface area contributed by atoms with Crippen molar-refractivity contribution in [3.05, 3.63) is 23.9 Å². The van der Waals surface area contributed by atoms with Gasteiger partial charge in [0.2, 0.25) is 11.8 Å². The van der Waals surface area contributed by atoms with E-state index in [-0.39, 0.29) is 36.7 Å². The quantitative estimate of drug-likeness (QED) is 0.749. The highest BCUT2D eigenvalue weighted by Crippen LogP contribution is 2.14. The molecule has 0 spiro atoms. The van der Waals surface area contributed by atoms with E-state index in [0.29, 0.717) is 31.7 Å². The number of nitrogens with zero attached hydrogens (tertiary/aromatic N) is 4. The fourth-order valence-corrected chi connectivity index (χ4v) is 2.54. The summed E-state index contributed by atoms with van der Waals surface area (Å²) in [7, 11) is 0. The number of carbonyl (C=O) groups is 2. The van der Waals surface area contributed by atoms with Gasteiger partial charge in [-0.15, -0.1) is 12.4 Å². The number of halogens is 1. The van der Waals surface area contributed by atoms with Gasteiger partial charge < -0.3 is 20.9 Å². The van der Waals surface area contributed by atoms with Crippen LogP contribution in [0, 0.1) is 17.2 Å². The molecule has 1 aliphatic heterocycles. The molecule has 0 unspecified atom stereocenters. The molecule has 1 aromatic heterocycles. The number of rotatable bonds is 5. The van der Waals surface area contributed by atoms with Gasteiger partial charge in [-0.1, -0.05) is 13.8 Å². The van der Waals surface area contributed by atoms with E-state index in [1.165, 1.54) is 0 Å². The Labute approximate surface area is 159 Å². The van der Waals surface area contributed by atoms with Gasteiger partial charge in [0.15, 0.2) is 0 Å². The molecule has 0 saturated carbocycles. The minimum atomic E-state index is -0.608. The van der Waals surface area contributed by atoms with Gasteiger partial charge in [-0.05, 0) is 18.1 Å². The Morgan fingerprint density at radius 1 is 1.35 bits per heavy atom. The zero-order valence-corrected chi connectivity index (χ0v) is 15.8. The third-order valence-electron chi connectivity index (χ3n) is 4.27. The van der Waals surface area contributed by atoms with Crippen molar-refractivity contribution >= 4 is 30.0 Å². The molecule has 1 aliphatic rings. The number of hydrogen-bond acceptors (Lipinski definition) is 6. The minimum Gasteiger partial charge on any atom is -0.353 e. The van der Waals surface area contributed by atoms with E-state index in [0.717, 1.165) is 5.82 Å². The Bertz CT molecular complexity index is 667. The zero-order valence-electron chi connectivity index (χ0n) is 15.0. The Morgan fingerprint density at radius 3 is 2.58 bits per heavy atom. The topological polar surface area (TPSA) is 115 Å². The van der Waals surface area contributed by atoms with Gasteiger partial charge >= 0.3 is 0 Å². The van der Waals surface area contributed by atoms with E-state index < -0.39 is 6.04 Å². The van der Waals surface area contributed by atoms with Crippen LogP contribution in [-0.2, 0) is 9.59 Å². The molecule has 0 aliphatic carbocycles. The summed E-state index contributed by atoms with van der Waals surface area (Å²) in [5, 5.41) is 11.6. The first kappa shape index (κ1) is 21.7. The first-order valence-corrected chi connectivity index (χ1v) is 8.34. The molecule has 3 N–H and O–H groups in total. The number of pyridine rings is 1. The molecule has 1 aromatic rings. The highest BCUT2D eigenvalue weighted by Gasteiger charge is 2.23. The molecule has 0 bridgehead atoms. The van der Waals surface area contributed by atoms with Crippen LogP contribution in [0.1, 0.15) is 19.4 Å². The molecule has 1 fully saturated rings. The molecule has 8 nitrogen and oxygen atoms in total. The Morgan fingerprint density at radius 2 is 2.00 bits per heavy atom. The monoisotopic (exact) mass is 380 g/mol. The van der Waals surface area contributed by atoms with E-state index in [2.05, 4.69) is 16.4 Å². The van der Waals surface area contributed by atoms with Crippen LogP contribution >= 0.6 is 12.4 Å². The zero-order chi connectivity index (χ0) is 18.4. The normalized spacial score (nSPS) is 15.0. The maximum absolute atomic E-state index is 12.2. The van der Waals surface area contributed by atoms with Crippen LogP contribution in [0.4, 0.5) is 5.82 Å². The molecule has 9 heteroatoms. The molecule has 142 valence electrons. The molecular weight excluding hydrogens is 356 g/mol. The van der Waals surface area contributed by atoms with Gasteiger partial charge in [0.1, 0.15) is 5.82 Å². The average Bonchev–Trinajstić information content (AvgIpc) is 2.65. The smallest absolute Gasteiger partial charge is 0.242 e.